The highest BCUT2D eigenvalue weighted by atomic mass is 79.9. The van der Waals surface area contributed by atoms with Crippen LogP contribution in [0, 0.1) is 0 Å². The first-order valence-electron chi connectivity index (χ1n) is 3.44. The summed E-state index contributed by atoms with van der Waals surface area (Å²) in [5.74, 6) is 0.0171. The van der Waals surface area contributed by atoms with Crippen molar-refractivity contribution in [1.82, 2.24) is 9.97 Å². The van der Waals surface area contributed by atoms with E-state index in [1.54, 1.807) is 0 Å². The summed E-state index contributed by atoms with van der Waals surface area (Å²) in [6.07, 6.45) is 3.23. The van der Waals surface area contributed by atoms with Crippen molar-refractivity contribution in [2.45, 2.75) is 19.8 Å². The van der Waals surface area contributed by atoms with E-state index in [1.807, 2.05) is 0 Å². The lowest BCUT2D eigenvalue weighted by Crippen LogP contribution is -1.92. The predicted molar refractivity (Wildman–Crippen MR) is 45.4 cm³/mol. The average Bonchev–Trinajstić information content (AvgIpc) is 1.99. The third kappa shape index (κ3) is 1.89. The molecule has 0 amide bonds. The molecule has 0 bridgehead atoms. The minimum Gasteiger partial charge on any atom is -0.492 e. The topological polar surface area (TPSA) is 46.0 Å². The molecular formula is C7H9BrN2O. The smallest absolute Gasteiger partial charge is 0.228 e. The van der Waals surface area contributed by atoms with Crippen LogP contribution in [0.4, 0.5) is 0 Å². The highest BCUT2D eigenvalue weighted by Gasteiger charge is 2.04. The number of halogens is 1. The molecule has 3 nitrogen and oxygen atoms in total. The Bertz CT molecular complexity index is 252. The maximum atomic E-state index is 9.13. The Morgan fingerprint density at radius 3 is 2.91 bits per heavy atom. The van der Waals surface area contributed by atoms with Crippen molar-refractivity contribution >= 4 is 15.9 Å². The van der Waals surface area contributed by atoms with Crippen LogP contribution >= 0.6 is 15.9 Å². The Hall–Kier alpha value is -0.640. The first-order valence-corrected chi connectivity index (χ1v) is 4.23. The van der Waals surface area contributed by atoms with Crippen LogP contribution in [-0.2, 0) is 6.42 Å². The fourth-order valence-corrected chi connectivity index (χ4v) is 1.21. The molecule has 1 rings (SSSR count). The van der Waals surface area contributed by atoms with E-state index in [-0.39, 0.29) is 5.88 Å². The molecular weight excluding hydrogens is 208 g/mol. The molecule has 60 valence electrons. The van der Waals surface area contributed by atoms with Crippen molar-refractivity contribution in [2.75, 3.05) is 0 Å². The van der Waals surface area contributed by atoms with Gasteiger partial charge in [0.05, 0.1) is 5.69 Å². The predicted octanol–water partition coefficient (Wildman–Crippen LogP) is 1.90. The van der Waals surface area contributed by atoms with Crippen molar-refractivity contribution in [1.29, 1.82) is 0 Å². The average molecular weight is 217 g/mol. The second kappa shape index (κ2) is 3.67. The lowest BCUT2D eigenvalue weighted by atomic mass is 10.2. The van der Waals surface area contributed by atoms with Crippen LogP contribution in [0.2, 0.25) is 0 Å². The van der Waals surface area contributed by atoms with Crippen LogP contribution in [0.25, 0.3) is 0 Å². The first-order chi connectivity index (χ1) is 5.25. The molecule has 0 aliphatic heterocycles. The molecule has 0 atom stereocenters. The molecule has 0 fully saturated rings. The summed E-state index contributed by atoms with van der Waals surface area (Å²) in [4.78, 5) is 7.63. The maximum absolute atomic E-state index is 9.13. The SMILES string of the molecule is CCCc1ncnc(O)c1Br. The van der Waals surface area contributed by atoms with Crippen LogP contribution in [0.5, 0.6) is 5.88 Å². The van der Waals surface area contributed by atoms with Gasteiger partial charge in [-0.15, -0.1) is 0 Å². The van der Waals surface area contributed by atoms with Gasteiger partial charge in [0, 0.05) is 0 Å². The van der Waals surface area contributed by atoms with Gasteiger partial charge in [0.15, 0.2) is 0 Å². The zero-order valence-electron chi connectivity index (χ0n) is 6.21. The zero-order valence-corrected chi connectivity index (χ0v) is 7.80. The Balaban J connectivity index is 2.96. The van der Waals surface area contributed by atoms with E-state index in [0.717, 1.165) is 18.5 Å². The maximum Gasteiger partial charge on any atom is 0.228 e. The Morgan fingerprint density at radius 2 is 2.27 bits per heavy atom. The van der Waals surface area contributed by atoms with E-state index in [4.69, 9.17) is 5.11 Å². The number of nitrogens with zero attached hydrogens (tertiary/aromatic N) is 2. The summed E-state index contributed by atoms with van der Waals surface area (Å²) in [5, 5.41) is 9.13. The summed E-state index contributed by atoms with van der Waals surface area (Å²) < 4.78 is 0.613. The van der Waals surface area contributed by atoms with Crippen molar-refractivity contribution in [3.63, 3.8) is 0 Å². The summed E-state index contributed by atoms with van der Waals surface area (Å²) in [7, 11) is 0. The third-order valence-electron chi connectivity index (χ3n) is 1.33. The zero-order chi connectivity index (χ0) is 8.27. The molecule has 0 radical (unpaired) electrons. The minimum absolute atomic E-state index is 0.0171. The number of hydrogen-bond donors (Lipinski definition) is 1. The lowest BCUT2D eigenvalue weighted by molar-refractivity contribution is 0.446. The van der Waals surface area contributed by atoms with Gasteiger partial charge < -0.3 is 5.11 Å². The van der Waals surface area contributed by atoms with E-state index in [0.29, 0.717) is 4.47 Å². The summed E-state index contributed by atoms with van der Waals surface area (Å²) in [6, 6.07) is 0. The summed E-state index contributed by atoms with van der Waals surface area (Å²) in [6.45, 7) is 2.06. The largest absolute Gasteiger partial charge is 0.492 e. The van der Waals surface area contributed by atoms with Gasteiger partial charge in [-0.25, -0.2) is 9.97 Å². The molecule has 1 heterocycles. The third-order valence-corrected chi connectivity index (χ3v) is 2.14. The Morgan fingerprint density at radius 1 is 1.55 bits per heavy atom. The van der Waals surface area contributed by atoms with E-state index in [9.17, 15) is 0 Å². The van der Waals surface area contributed by atoms with Crippen LogP contribution < -0.4 is 0 Å². The van der Waals surface area contributed by atoms with E-state index >= 15 is 0 Å². The van der Waals surface area contributed by atoms with Gasteiger partial charge in [0.2, 0.25) is 5.88 Å². The van der Waals surface area contributed by atoms with E-state index < -0.39 is 0 Å². The molecule has 0 aromatic carbocycles. The van der Waals surface area contributed by atoms with Crippen LogP contribution in [0.1, 0.15) is 19.0 Å². The normalized spacial score (nSPS) is 10.0. The number of aromatic hydroxyl groups is 1. The number of aromatic nitrogens is 2. The van der Waals surface area contributed by atoms with Crippen molar-refractivity contribution in [3.8, 4) is 5.88 Å². The molecule has 4 heteroatoms. The highest BCUT2D eigenvalue weighted by molar-refractivity contribution is 9.10. The quantitative estimate of drug-likeness (QED) is 0.822. The van der Waals surface area contributed by atoms with Gasteiger partial charge in [-0.3, -0.25) is 0 Å². The second-order valence-corrected chi connectivity index (χ2v) is 3.00. The molecule has 11 heavy (non-hydrogen) atoms. The molecule has 0 aliphatic rings. The van der Waals surface area contributed by atoms with Gasteiger partial charge in [-0.05, 0) is 22.4 Å². The molecule has 0 saturated heterocycles. The monoisotopic (exact) mass is 216 g/mol. The fourth-order valence-electron chi connectivity index (χ4n) is 0.807. The standard InChI is InChI=1S/C7H9BrN2O/c1-2-3-5-6(8)7(11)10-4-9-5/h4H,2-3H2,1H3,(H,9,10,11). The van der Waals surface area contributed by atoms with Crippen molar-refractivity contribution < 1.29 is 5.11 Å². The van der Waals surface area contributed by atoms with E-state index in [1.165, 1.54) is 6.33 Å². The highest BCUT2D eigenvalue weighted by Crippen LogP contribution is 2.23. The first kappa shape index (κ1) is 8.46. The molecule has 0 saturated carbocycles. The van der Waals surface area contributed by atoms with Gasteiger partial charge in [-0.1, -0.05) is 13.3 Å². The minimum atomic E-state index is 0.0171. The second-order valence-electron chi connectivity index (χ2n) is 2.21. The number of aryl methyl sites for hydroxylation is 1. The van der Waals surface area contributed by atoms with Crippen LogP contribution in [-0.4, -0.2) is 15.1 Å². The Kier molecular flexibility index (Phi) is 2.82. The summed E-state index contributed by atoms with van der Waals surface area (Å²) >= 11 is 3.21. The summed E-state index contributed by atoms with van der Waals surface area (Å²) in [5.41, 5.74) is 0.861. The van der Waals surface area contributed by atoms with Gasteiger partial charge >= 0.3 is 0 Å². The fraction of sp³-hybridized carbons (Fsp3) is 0.429. The molecule has 0 aliphatic carbocycles. The van der Waals surface area contributed by atoms with E-state index in [2.05, 4.69) is 32.8 Å². The molecule has 0 unspecified atom stereocenters. The Labute approximate surface area is 73.6 Å². The van der Waals surface area contributed by atoms with Gasteiger partial charge in [0.1, 0.15) is 10.8 Å². The lowest BCUT2D eigenvalue weighted by Gasteiger charge is -2.00. The van der Waals surface area contributed by atoms with Crippen LogP contribution in [0.15, 0.2) is 10.8 Å². The molecule has 1 aromatic heterocycles. The molecule has 0 spiro atoms. The molecule has 1 aromatic rings. The van der Waals surface area contributed by atoms with Crippen molar-refractivity contribution in [2.24, 2.45) is 0 Å². The number of hydrogen-bond acceptors (Lipinski definition) is 3. The van der Waals surface area contributed by atoms with Gasteiger partial charge in [0.25, 0.3) is 0 Å². The number of rotatable bonds is 2. The van der Waals surface area contributed by atoms with Gasteiger partial charge in [-0.2, -0.15) is 0 Å². The van der Waals surface area contributed by atoms with Crippen molar-refractivity contribution in [3.05, 3.63) is 16.5 Å². The molecule has 1 N–H and O–H groups in total. The van der Waals surface area contributed by atoms with Crippen LogP contribution in [0.3, 0.4) is 0 Å².